The first kappa shape index (κ1) is 12.4. The van der Waals surface area contributed by atoms with Gasteiger partial charge in [0.2, 0.25) is 17.7 Å². The largest absolute Gasteiger partial charge is 0.358 e. The quantitative estimate of drug-likeness (QED) is 0.499. The van der Waals surface area contributed by atoms with Crippen LogP contribution in [0.5, 0.6) is 0 Å². The fourth-order valence-corrected chi connectivity index (χ4v) is 0.634. The fraction of sp³-hybridized carbons (Fsp3) is 0.625. The van der Waals surface area contributed by atoms with Crippen molar-refractivity contribution in [1.29, 1.82) is 0 Å². The Hall–Kier alpha value is -1.59. The van der Waals surface area contributed by atoms with Crippen LogP contribution < -0.4 is 16.0 Å². The molecule has 0 aliphatic carbocycles. The smallest absolute Gasteiger partial charge is 0.239 e. The average Bonchev–Trinajstić information content (AvgIpc) is 2.22. The van der Waals surface area contributed by atoms with Gasteiger partial charge in [0.25, 0.3) is 0 Å². The Balaban J connectivity index is 3.56. The summed E-state index contributed by atoms with van der Waals surface area (Å²) in [6.45, 7) is 1.53. The molecule has 0 atom stereocenters. The molecule has 3 N–H and O–H groups in total. The molecule has 0 saturated carbocycles. The van der Waals surface area contributed by atoms with Gasteiger partial charge < -0.3 is 16.0 Å². The molecular weight excluding hydrogens is 186 g/mol. The van der Waals surface area contributed by atoms with Crippen molar-refractivity contribution in [3.05, 3.63) is 0 Å². The lowest BCUT2D eigenvalue weighted by Gasteiger charge is -2.04. The van der Waals surface area contributed by atoms with Gasteiger partial charge in [-0.15, -0.1) is 0 Å². The van der Waals surface area contributed by atoms with Crippen molar-refractivity contribution in [3.8, 4) is 0 Å². The van der Waals surface area contributed by atoms with E-state index in [1.165, 1.54) is 7.05 Å². The molecule has 0 bridgehead atoms. The third-order valence-corrected chi connectivity index (χ3v) is 1.49. The summed E-state index contributed by atoms with van der Waals surface area (Å²) < 4.78 is 0. The number of carbonyl (C=O) groups is 3. The van der Waals surface area contributed by atoms with E-state index in [1.807, 2.05) is 0 Å². The number of hydrogen-bond acceptors (Lipinski definition) is 3. The maximum absolute atomic E-state index is 11.0. The van der Waals surface area contributed by atoms with E-state index in [9.17, 15) is 14.4 Å². The normalized spacial score (nSPS) is 9.00. The lowest BCUT2D eigenvalue weighted by Crippen LogP contribution is -2.41. The Kier molecular flexibility index (Phi) is 6.09. The Labute approximate surface area is 82.4 Å². The van der Waals surface area contributed by atoms with Gasteiger partial charge in [-0.05, 0) is 0 Å². The van der Waals surface area contributed by atoms with Crippen molar-refractivity contribution < 1.29 is 14.4 Å². The second kappa shape index (κ2) is 6.88. The second-order valence-electron chi connectivity index (χ2n) is 2.58. The van der Waals surface area contributed by atoms with Crippen LogP contribution in [0.25, 0.3) is 0 Å². The summed E-state index contributed by atoms with van der Waals surface area (Å²) in [5.41, 5.74) is 0. The van der Waals surface area contributed by atoms with Crippen LogP contribution in [0.15, 0.2) is 0 Å². The summed E-state index contributed by atoms with van der Waals surface area (Å²) in [4.78, 5) is 32.4. The van der Waals surface area contributed by atoms with E-state index in [1.54, 1.807) is 6.92 Å². The molecule has 0 saturated heterocycles. The summed E-state index contributed by atoms with van der Waals surface area (Å²) >= 11 is 0. The molecule has 0 aliphatic heterocycles. The molecular formula is C8H15N3O3. The van der Waals surface area contributed by atoms with E-state index in [2.05, 4.69) is 16.0 Å². The number of hydrogen-bond donors (Lipinski definition) is 3. The molecule has 0 aromatic rings. The minimum atomic E-state index is -0.379. The second-order valence-corrected chi connectivity index (χ2v) is 2.58. The van der Waals surface area contributed by atoms with E-state index in [-0.39, 0.29) is 30.8 Å². The van der Waals surface area contributed by atoms with E-state index < -0.39 is 0 Å². The van der Waals surface area contributed by atoms with Crippen LogP contribution in [0, 0.1) is 0 Å². The first-order chi connectivity index (χ1) is 6.60. The molecule has 0 aromatic heterocycles. The fourth-order valence-electron chi connectivity index (χ4n) is 0.634. The minimum Gasteiger partial charge on any atom is -0.358 e. The zero-order chi connectivity index (χ0) is 11.0. The molecule has 0 unspecified atom stereocenters. The van der Waals surface area contributed by atoms with Crippen LogP contribution in [-0.4, -0.2) is 37.9 Å². The number of carbonyl (C=O) groups excluding carboxylic acids is 3. The predicted octanol–water partition coefficient (Wildman–Crippen LogP) is -1.63. The number of likely N-dealkylation sites (N-methyl/N-ethyl adjacent to an activating group) is 1. The predicted molar refractivity (Wildman–Crippen MR) is 50.4 cm³/mol. The molecule has 3 amide bonds. The first-order valence-electron chi connectivity index (χ1n) is 4.34. The van der Waals surface area contributed by atoms with Gasteiger partial charge in [-0.25, -0.2) is 0 Å². The molecule has 0 spiro atoms. The first-order valence-corrected chi connectivity index (χ1v) is 4.34. The monoisotopic (exact) mass is 201 g/mol. The topological polar surface area (TPSA) is 87.3 Å². The summed E-state index contributed by atoms with van der Waals surface area (Å²) in [7, 11) is 1.48. The third kappa shape index (κ3) is 5.99. The van der Waals surface area contributed by atoms with E-state index in [0.717, 1.165) is 0 Å². The number of amides is 3. The highest BCUT2D eigenvalue weighted by molar-refractivity contribution is 5.87. The molecule has 0 radical (unpaired) electrons. The van der Waals surface area contributed by atoms with Crippen molar-refractivity contribution in [2.75, 3.05) is 20.1 Å². The Morgan fingerprint density at radius 3 is 1.93 bits per heavy atom. The summed E-state index contributed by atoms with van der Waals surface area (Å²) in [6.07, 6.45) is 0.336. The van der Waals surface area contributed by atoms with Crippen LogP contribution in [0.4, 0.5) is 0 Å². The molecule has 80 valence electrons. The van der Waals surface area contributed by atoms with Crippen molar-refractivity contribution in [2.24, 2.45) is 0 Å². The van der Waals surface area contributed by atoms with Crippen molar-refractivity contribution in [3.63, 3.8) is 0 Å². The van der Waals surface area contributed by atoms with Crippen LogP contribution in [0.1, 0.15) is 13.3 Å². The Morgan fingerprint density at radius 1 is 0.929 bits per heavy atom. The van der Waals surface area contributed by atoms with Crippen molar-refractivity contribution >= 4 is 17.7 Å². The molecule has 0 aromatic carbocycles. The SMILES string of the molecule is CCC(=O)NCC(=O)NCC(=O)NC. The van der Waals surface area contributed by atoms with Gasteiger partial charge in [0.1, 0.15) is 0 Å². The third-order valence-electron chi connectivity index (χ3n) is 1.49. The molecule has 0 heterocycles. The maximum atomic E-state index is 11.0. The summed E-state index contributed by atoms with van der Waals surface area (Å²) in [6, 6.07) is 0. The molecule has 0 fully saturated rings. The molecule has 0 rings (SSSR count). The summed E-state index contributed by atoms with van der Waals surface area (Å²) in [5.74, 6) is -0.851. The summed E-state index contributed by atoms with van der Waals surface area (Å²) in [5, 5.41) is 7.09. The highest BCUT2D eigenvalue weighted by Gasteiger charge is 2.04. The lowest BCUT2D eigenvalue weighted by atomic mass is 10.4. The van der Waals surface area contributed by atoms with Gasteiger partial charge in [0, 0.05) is 13.5 Å². The van der Waals surface area contributed by atoms with Gasteiger partial charge in [-0.2, -0.15) is 0 Å². The van der Waals surface area contributed by atoms with Gasteiger partial charge in [0.15, 0.2) is 0 Å². The van der Waals surface area contributed by atoms with Crippen molar-refractivity contribution in [2.45, 2.75) is 13.3 Å². The Bertz CT molecular complexity index is 206. The highest BCUT2D eigenvalue weighted by atomic mass is 16.2. The van der Waals surface area contributed by atoms with Crippen LogP contribution in [-0.2, 0) is 14.4 Å². The molecule has 0 aliphatic rings. The number of rotatable bonds is 5. The van der Waals surface area contributed by atoms with Gasteiger partial charge in [0.05, 0.1) is 13.1 Å². The van der Waals surface area contributed by atoms with Gasteiger partial charge in [-0.3, -0.25) is 14.4 Å². The lowest BCUT2D eigenvalue weighted by molar-refractivity contribution is -0.127. The maximum Gasteiger partial charge on any atom is 0.239 e. The minimum absolute atomic E-state index is 0.0721. The van der Waals surface area contributed by atoms with Gasteiger partial charge in [-0.1, -0.05) is 6.92 Å². The molecule has 6 heteroatoms. The Morgan fingerprint density at radius 2 is 1.43 bits per heavy atom. The van der Waals surface area contributed by atoms with Crippen LogP contribution in [0.3, 0.4) is 0 Å². The molecule has 6 nitrogen and oxygen atoms in total. The zero-order valence-electron chi connectivity index (χ0n) is 8.35. The standard InChI is InChI=1S/C8H15N3O3/c1-3-6(12)10-5-8(14)11-4-7(13)9-2/h3-5H2,1-2H3,(H,9,13)(H,10,12)(H,11,14). The highest BCUT2D eigenvalue weighted by Crippen LogP contribution is 1.73. The van der Waals surface area contributed by atoms with E-state index in [0.29, 0.717) is 6.42 Å². The average molecular weight is 201 g/mol. The van der Waals surface area contributed by atoms with E-state index >= 15 is 0 Å². The van der Waals surface area contributed by atoms with Crippen LogP contribution in [0.2, 0.25) is 0 Å². The van der Waals surface area contributed by atoms with E-state index in [4.69, 9.17) is 0 Å². The van der Waals surface area contributed by atoms with Gasteiger partial charge >= 0.3 is 0 Å². The van der Waals surface area contributed by atoms with Crippen molar-refractivity contribution in [1.82, 2.24) is 16.0 Å². The number of nitrogens with one attached hydrogen (secondary N) is 3. The zero-order valence-corrected chi connectivity index (χ0v) is 8.35. The molecule has 14 heavy (non-hydrogen) atoms. The van der Waals surface area contributed by atoms with Crippen LogP contribution >= 0.6 is 0 Å².